The molecule has 4 rings (SSSR count). The first kappa shape index (κ1) is 24.0. The Balaban J connectivity index is 1.73. The SMILES string of the molecule is CC(C)CNC(=O)c1ccc2c(=O)n(Cc3ccccc3)c(SCc3cccc(Cl)c3)nc2c1. The third kappa shape index (κ3) is 5.88. The second kappa shape index (κ2) is 10.9. The van der Waals surface area contributed by atoms with Crippen molar-refractivity contribution in [3.8, 4) is 0 Å². The number of nitrogens with one attached hydrogen (secondary N) is 1. The zero-order chi connectivity index (χ0) is 24.1. The first-order chi connectivity index (χ1) is 16.4. The number of fused-ring (bicyclic) bond motifs is 1. The fourth-order valence-corrected chi connectivity index (χ4v) is 4.69. The average Bonchev–Trinajstić information content (AvgIpc) is 2.83. The van der Waals surface area contributed by atoms with Crippen LogP contribution in [0.1, 0.15) is 35.3 Å². The van der Waals surface area contributed by atoms with Crippen LogP contribution < -0.4 is 10.9 Å². The summed E-state index contributed by atoms with van der Waals surface area (Å²) in [4.78, 5) is 30.9. The summed E-state index contributed by atoms with van der Waals surface area (Å²) in [6, 6.07) is 22.6. The molecule has 0 aliphatic carbocycles. The molecule has 1 heterocycles. The molecule has 0 unspecified atom stereocenters. The van der Waals surface area contributed by atoms with Gasteiger partial charge in [-0.05, 0) is 47.4 Å². The average molecular weight is 492 g/mol. The van der Waals surface area contributed by atoms with E-state index >= 15 is 0 Å². The first-order valence-electron chi connectivity index (χ1n) is 11.1. The van der Waals surface area contributed by atoms with Crippen molar-refractivity contribution in [2.24, 2.45) is 5.92 Å². The van der Waals surface area contributed by atoms with Gasteiger partial charge < -0.3 is 5.32 Å². The fraction of sp³-hybridized carbons (Fsp3) is 0.222. The van der Waals surface area contributed by atoms with Crippen molar-refractivity contribution in [2.45, 2.75) is 31.3 Å². The molecule has 174 valence electrons. The lowest BCUT2D eigenvalue weighted by molar-refractivity contribution is 0.0949. The number of carbonyl (C=O) groups is 1. The van der Waals surface area contributed by atoms with E-state index in [1.807, 2.05) is 68.4 Å². The molecule has 0 radical (unpaired) electrons. The lowest BCUT2D eigenvalue weighted by Crippen LogP contribution is -2.28. The van der Waals surface area contributed by atoms with Crippen molar-refractivity contribution >= 4 is 40.2 Å². The molecule has 0 saturated carbocycles. The molecule has 0 aliphatic rings. The number of carbonyl (C=O) groups excluding carboxylic acids is 1. The molecule has 0 saturated heterocycles. The van der Waals surface area contributed by atoms with Gasteiger partial charge in [-0.25, -0.2) is 4.98 Å². The standard InChI is InChI=1S/C27H26ClN3O2S/c1-18(2)15-29-25(32)21-11-12-23-24(14-21)30-27(34-17-20-9-6-10-22(28)13-20)31(26(23)33)16-19-7-4-3-5-8-19/h3-14,18H,15-17H2,1-2H3,(H,29,32). The van der Waals surface area contributed by atoms with Crippen LogP contribution in [0.15, 0.2) is 82.7 Å². The van der Waals surface area contributed by atoms with Crippen molar-refractivity contribution in [3.05, 3.63) is 105 Å². The lowest BCUT2D eigenvalue weighted by Gasteiger charge is -2.14. The fourth-order valence-electron chi connectivity index (χ4n) is 3.53. The highest BCUT2D eigenvalue weighted by atomic mass is 35.5. The second-order valence-electron chi connectivity index (χ2n) is 8.53. The summed E-state index contributed by atoms with van der Waals surface area (Å²) in [6.45, 7) is 5.09. The van der Waals surface area contributed by atoms with Gasteiger partial charge in [-0.2, -0.15) is 0 Å². The summed E-state index contributed by atoms with van der Waals surface area (Å²) < 4.78 is 1.70. The summed E-state index contributed by atoms with van der Waals surface area (Å²) in [5.74, 6) is 0.795. The Morgan fingerprint density at radius 2 is 1.79 bits per heavy atom. The van der Waals surface area contributed by atoms with E-state index in [-0.39, 0.29) is 11.5 Å². The van der Waals surface area contributed by atoms with E-state index in [4.69, 9.17) is 16.6 Å². The van der Waals surface area contributed by atoms with Crippen LogP contribution in [0, 0.1) is 5.92 Å². The zero-order valence-corrected chi connectivity index (χ0v) is 20.7. The summed E-state index contributed by atoms with van der Waals surface area (Å²) in [6.07, 6.45) is 0. The number of aromatic nitrogens is 2. The molecule has 0 aliphatic heterocycles. The number of nitrogens with zero attached hydrogens (tertiary/aromatic N) is 2. The maximum atomic E-state index is 13.5. The van der Waals surface area contributed by atoms with Gasteiger partial charge in [0.25, 0.3) is 11.5 Å². The molecule has 1 N–H and O–H groups in total. The predicted molar refractivity (Wildman–Crippen MR) is 140 cm³/mol. The number of amides is 1. The minimum atomic E-state index is -0.168. The normalized spacial score (nSPS) is 11.2. The third-order valence-electron chi connectivity index (χ3n) is 5.29. The largest absolute Gasteiger partial charge is 0.352 e. The molecular formula is C27H26ClN3O2S. The Bertz CT molecular complexity index is 1370. The van der Waals surface area contributed by atoms with E-state index < -0.39 is 0 Å². The number of thioether (sulfide) groups is 1. The molecule has 34 heavy (non-hydrogen) atoms. The Kier molecular flexibility index (Phi) is 7.70. The number of hydrogen-bond donors (Lipinski definition) is 1. The molecular weight excluding hydrogens is 466 g/mol. The Morgan fingerprint density at radius 3 is 2.53 bits per heavy atom. The highest BCUT2D eigenvalue weighted by Gasteiger charge is 2.15. The number of hydrogen-bond acceptors (Lipinski definition) is 4. The number of halogens is 1. The van der Waals surface area contributed by atoms with Crippen LogP contribution >= 0.6 is 23.4 Å². The van der Waals surface area contributed by atoms with Crippen LogP contribution in [0.3, 0.4) is 0 Å². The quantitative estimate of drug-likeness (QED) is 0.251. The molecule has 7 heteroatoms. The minimum absolute atomic E-state index is 0.128. The van der Waals surface area contributed by atoms with Crippen molar-refractivity contribution in [1.29, 1.82) is 0 Å². The van der Waals surface area contributed by atoms with Gasteiger partial charge in [-0.1, -0.05) is 79.7 Å². The zero-order valence-electron chi connectivity index (χ0n) is 19.1. The van der Waals surface area contributed by atoms with Crippen molar-refractivity contribution in [2.75, 3.05) is 6.54 Å². The maximum absolute atomic E-state index is 13.5. The van der Waals surface area contributed by atoms with Gasteiger partial charge in [0, 0.05) is 22.9 Å². The van der Waals surface area contributed by atoms with E-state index in [2.05, 4.69) is 5.32 Å². The summed E-state index contributed by atoms with van der Waals surface area (Å²) in [5, 5.41) is 4.68. The monoisotopic (exact) mass is 491 g/mol. The molecule has 1 amide bonds. The van der Waals surface area contributed by atoms with Crippen molar-refractivity contribution < 1.29 is 4.79 Å². The summed E-state index contributed by atoms with van der Waals surface area (Å²) in [7, 11) is 0. The van der Waals surface area contributed by atoms with Crippen LogP contribution in [-0.2, 0) is 12.3 Å². The van der Waals surface area contributed by atoms with Crippen LogP contribution in [0.2, 0.25) is 5.02 Å². The highest BCUT2D eigenvalue weighted by Crippen LogP contribution is 2.24. The van der Waals surface area contributed by atoms with E-state index in [0.717, 1.165) is 11.1 Å². The van der Waals surface area contributed by atoms with Gasteiger partial charge in [0.05, 0.1) is 17.4 Å². The number of benzene rings is 3. The third-order valence-corrected chi connectivity index (χ3v) is 6.58. The van der Waals surface area contributed by atoms with Gasteiger partial charge in [0.15, 0.2) is 5.16 Å². The van der Waals surface area contributed by atoms with Gasteiger partial charge in [-0.15, -0.1) is 0 Å². The lowest BCUT2D eigenvalue weighted by atomic mass is 10.1. The Hall–Kier alpha value is -3.09. The first-order valence-corrected chi connectivity index (χ1v) is 12.5. The van der Waals surface area contributed by atoms with Gasteiger partial charge in [-0.3, -0.25) is 14.2 Å². The highest BCUT2D eigenvalue weighted by molar-refractivity contribution is 7.98. The van der Waals surface area contributed by atoms with Crippen LogP contribution in [0.4, 0.5) is 0 Å². The summed E-state index contributed by atoms with van der Waals surface area (Å²) in [5.41, 5.74) is 2.93. The van der Waals surface area contributed by atoms with Gasteiger partial charge >= 0.3 is 0 Å². The van der Waals surface area contributed by atoms with Crippen molar-refractivity contribution in [1.82, 2.24) is 14.9 Å². The van der Waals surface area contributed by atoms with Gasteiger partial charge in [0.2, 0.25) is 0 Å². The minimum Gasteiger partial charge on any atom is -0.352 e. The molecule has 0 bridgehead atoms. The van der Waals surface area contributed by atoms with E-state index in [0.29, 0.717) is 51.4 Å². The molecule has 3 aromatic carbocycles. The maximum Gasteiger partial charge on any atom is 0.262 e. The van der Waals surface area contributed by atoms with Crippen LogP contribution in [0.25, 0.3) is 10.9 Å². The number of rotatable bonds is 8. The molecule has 0 atom stereocenters. The molecule has 0 spiro atoms. The van der Waals surface area contributed by atoms with Crippen molar-refractivity contribution in [3.63, 3.8) is 0 Å². The second-order valence-corrected chi connectivity index (χ2v) is 9.90. The predicted octanol–water partition coefficient (Wildman–Crippen LogP) is 5.78. The van der Waals surface area contributed by atoms with E-state index in [1.54, 1.807) is 22.8 Å². The molecule has 5 nitrogen and oxygen atoms in total. The Labute approximate surface area is 208 Å². The van der Waals surface area contributed by atoms with E-state index in [1.165, 1.54) is 11.8 Å². The smallest absolute Gasteiger partial charge is 0.262 e. The molecule has 1 aromatic heterocycles. The van der Waals surface area contributed by atoms with Crippen LogP contribution in [-0.4, -0.2) is 22.0 Å². The van der Waals surface area contributed by atoms with E-state index in [9.17, 15) is 9.59 Å². The van der Waals surface area contributed by atoms with Crippen LogP contribution in [0.5, 0.6) is 0 Å². The topological polar surface area (TPSA) is 64.0 Å². The molecule has 4 aromatic rings. The Morgan fingerprint density at radius 1 is 1.03 bits per heavy atom. The van der Waals surface area contributed by atoms with Gasteiger partial charge in [0.1, 0.15) is 0 Å². The summed E-state index contributed by atoms with van der Waals surface area (Å²) >= 11 is 7.62. The molecule has 0 fully saturated rings.